The number of carbonyl (C=O) groups excluding carboxylic acids is 1. The van der Waals surface area contributed by atoms with Gasteiger partial charge in [-0.15, -0.1) is 11.8 Å². The summed E-state index contributed by atoms with van der Waals surface area (Å²) in [5.74, 6) is 2.21. The van der Waals surface area contributed by atoms with Gasteiger partial charge in [0.1, 0.15) is 0 Å². The monoisotopic (exact) mass is 258 g/mol. The highest BCUT2D eigenvalue weighted by Crippen LogP contribution is 2.22. The van der Waals surface area contributed by atoms with Crippen LogP contribution in [0.5, 0.6) is 0 Å². The normalized spacial score (nSPS) is 26.9. The molecule has 1 heterocycles. The maximum absolute atomic E-state index is 12.1. The van der Waals surface area contributed by atoms with Crippen LogP contribution in [0.2, 0.25) is 0 Å². The number of nitrogens with zero attached hydrogens (tertiary/aromatic N) is 1. The minimum absolute atomic E-state index is 0.303. The molecule has 0 radical (unpaired) electrons. The zero-order valence-corrected chi connectivity index (χ0v) is 12.1. The minimum atomic E-state index is 0.303. The summed E-state index contributed by atoms with van der Waals surface area (Å²) in [6.45, 7) is 9.21. The number of hydrogen-bond donors (Lipinski definition) is 1. The van der Waals surface area contributed by atoms with Crippen LogP contribution in [-0.4, -0.2) is 41.4 Å². The molecule has 0 bridgehead atoms. The Bertz CT molecular complexity index is 238. The van der Waals surface area contributed by atoms with E-state index in [0.717, 1.165) is 19.5 Å². The van der Waals surface area contributed by atoms with E-state index in [-0.39, 0.29) is 0 Å². The first-order valence-electron chi connectivity index (χ1n) is 6.62. The SMILES string of the molecule is CC1CC(C)CN(C(=O)CSC(C)CCN)C1. The Labute approximate surface area is 109 Å². The highest BCUT2D eigenvalue weighted by Gasteiger charge is 2.25. The number of rotatable bonds is 5. The molecule has 2 N–H and O–H groups in total. The van der Waals surface area contributed by atoms with Gasteiger partial charge in [-0.2, -0.15) is 0 Å². The average molecular weight is 258 g/mol. The van der Waals surface area contributed by atoms with Crippen molar-refractivity contribution >= 4 is 17.7 Å². The van der Waals surface area contributed by atoms with Gasteiger partial charge >= 0.3 is 0 Å². The van der Waals surface area contributed by atoms with Gasteiger partial charge in [-0.05, 0) is 31.2 Å². The molecule has 3 unspecified atom stereocenters. The van der Waals surface area contributed by atoms with Gasteiger partial charge in [0.2, 0.25) is 5.91 Å². The lowest BCUT2D eigenvalue weighted by atomic mass is 9.92. The van der Waals surface area contributed by atoms with E-state index in [1.54, 1.807) is 11.8 Å². The molecule has 0 aromatic rings. The van der Waals surface area contributed by atoms with Crippen LogP contribution in [-0.2, 0) is 4.79 Å². The van der Waals surface area contributed by atoms with Gasteiger partial charge < -0.3 is 10.6 Å². The van der Waals surface area contributed by atoms with Crippen molar-refractivity contribution in [3.05, 3.63) is 0 Å². The van der Waals surface area contributed by atoms with Crippen molar-refractivity contribution in [3.63, 3.8) is 0 Å². The van der Waals surface area contributed by atoms with Crippen LogP contribution in [0, 0.1) is 11.8 Å². The second-order valence-electron chi connectivity index (χ2n) is 5.44. The summed E-state index contributed by atoms with van der Waals surface area (Å²) in [5, 5.41) is 0.489. The first-order chi connectivity index (χ1) is 8.02. The summed E-state index contributed by atoms with van der Waals surface area (Å²) in [6, 6.07) is 0. The maximum atomic E-state index is 12.1. The van der Waals surface area contributed by atoms with Crippen molar-refractivity contribution in [1.29, 1.82) is 0 Å². The highest BCUT2D eigenvalue weighted by atomic mass is 32.2. The third-order valence-corrected chi connectivity index (χ3v) is 4.50. The Morgan fingerprint density at radius 1 is 1.41 bits per heavy atom. The number of carbonyl (C=O) groups is 1. The fraction of sp³-hybridized carbons (Fsp3) is 0.923. The molecular weight excluding hydrogens is 232 g/mol. The number of amides is 1. The molecule has 1 saturated heterocycles. The van der Waals surface area contributed by atoms with E-state index in [4.69, 9.17) is 5.73 Å². The molecule has 0 aromatic carbocycles. The predicted molar refractivity (Wildman–Crippen MR) is 75.1 cm³/mol. The number of piperidine rings is 1. The molecule has 17 heavy (non-hydrogen) atoms. The minimum Gasteiger partial charge on any atom is -0.341 e. The maximum Gasteiger partial charge on any atom is 0.232 e. The molecule has 1 amide bonds. The van der Waals surface area contributed by atoms with E-state index in [0.29, 0.717) is 35.3 Å². The Kier molecular flexibility index (Phi) is 6.34. The van der Waals surface area contributed by atoms with E-state index >= 15 is 0 Å². The van der Waals surface area contributed by atoms with Crippen molar-refractivity contribution < 1.29 is 4.79 Å². The third kappa shape index (κ3) is 5.30. The van der Waals surface area contributed by atoms with Crippen LogP contribution in [0.3, 0.4) is 0 Å². The lowest BCUT2D eigenvalue weighted by Crippen LogP contribution is -2.43. The van der Waals surface area contributed by atoms with Crippen LogP contribution in [0.1, 0.15) is 33.6 Å². The molecule has 0 spiro atoms. The molecule has 0 aromatic heterocycles. The van der Waals surface area contributed by atoms with Gasteiger partial charge in [-0.25, -0.2) is 0 Å². The highest BCUT2D eigenvalue weighted by molar-refractivity contribution is 8.00. The van der Waals surface area contributed by atoms with E-state index in [1.165, 1.54) is 6.42 Å². The lowest BCUT2D eigenvalue weighted by molar-refractivity contribution is -0.130. The zero-order chi connectivity index (χ0) is 12.8. The molecule has 1 rings (SSSR count). The van der Waals surface area contributed by atoms with Crippen LogP contribution < -0.4 is 5.73 Å². The van der Waals surface area contributed by atoms with Crippen molar-refractivity contribution in [2.75, 3.05) is 25.4 Å². The Morgan fingerprint density at radius 2 is 2.00 bits per heavy atom. The fourth-order valence-electron chi connectivity index (χ4n) is 2.49. The summed E-state index contributed by atoms with van der Waals surface area (Å²) in [4.78, 5) is 14.1. The van der Waals surface area contributed by atoms with Crippen LogP contribution in [0.4, 0.5) is 0 Å². The summed E-state index contributed by atoms with van der Waals surface area (Å²) < 4.78 is 0. The van der Waals surface area contributed by atoms with Gasteiger partial charge in [0.25, 0.3) is 0 Å². The van der Waals surface area contributed by atoms with E-state index in [9.17, 15) is 4.79 Å². The average Bonchev–Trinajstić information content (AvgIpc) is 2.25. The summed E-state index contributed by atoms with van der Waals surface area (Å²) in [5.41, 5.74) is 5.51. The topological polar surface area (TPSA) is 46.3 Å². The summed E-state index contributed by atoms with van der Waals surface area (Å²) >= 11 is 1.73. The van der Waals surface area contributed by atoms with Gasteiger partial charge in [-0.1, -0.05) is 20.8 Å². The Morgan fingerprint density at radius 3 is 2.53 bits per heavy atom. The molecule has 4 heteroatoms. The Hall–Kier alpha value is -0.220. The first-order valence-corrected chi connectivity index (χ1v) is 7.67. The molecular formula is C13H26N2OS. The zero-order valence-electron chi connectivity index (χ0n) is 11.3. The van der Waals surface area contributed by atoms with Crippen LogP contribution >= 0.6 is 11.8 Å². The van der Waals surface area contributed by atoms with E-state index < -0.39 is 0 Å². The van der Waals surface area contributed by atoms with Gasteiger partial charge in [0, 0.05) is 18.3 Å². The number of nitrogens with two attached hydrogens (primary N) is 1. The van der Waals surface area contributed by atoms with Gasteiger partial charge in [0.15, 0.2) is 0 Å². The third-order valence-electron chi connectivity index (χ3n) is 3.29. The van der Waals surface area contributed by atoms with Crippen molar-refractivity contribution in [2.45, 2.75) is 38.9 Å². The second-order valence-corrected chi connectivity index (χ2v) is 6.87. The van der Waals surface area contributed by atoms with Crippen LogP contribution in [0.25, 0.3) is 0 Å². The number of thioether (sulfide) groups is 1. The van der Waals surface area contributed by atoms with Crippen molar-refractivity contribution in [1.82, 2.24) is 4.90 Å². The molecule has 3 nitrogen and oxygen atoms in total. The molecule has 0 aliphatic carbocycles. The molecule has 1 aliphatic rings. The molecule has 1 aliphatic heterocycles. The molecule has 0 saturated carbocycles. The number of likely N-dealkylation sites (tertiary alicyclic amines) is 1. The fourth-order valence-corrected chi connectivity index (χ4v) is 3.40. The lowest BCUT2D eigenvalue weighted by Gasteiger charge is -2.35. The molecule has 100 valence electrons. The summed E-state index contributed by atoms with van der Waals surface area (Å²) in [7, 11) is 0. The van der Waals surface area contributed by atoms with Gasteiger partial charge in [-0.3, -0.25) is 4.79 Å². The van der Waals surface area contributed by atoms with Crippen molar-refractivity contribution in [3.8, 4) is 0 Å². The molecule has 1 fully saturated rings. The standard InChI is InChI=1S/C13H26N2OS/c1-10-6-11(2)8-15(7-10)13(16)9-17-12(3)4-5-14/h10-12H,4-9,14H2,1-3H3. The van der Waals surface area contributed by atoms with E-state index in [1.807, 2.05) is 4.90 Å². The molecule has 3 atom stereocenters. The Balaban J connectivity index is 2.31. The van der Waals surface area contributed by atoms with E-state index in [2.05, 4.69) is 20.8 Å². The smallest absolute Gasteiger partial charge is 0.232 e. The largest absolute Gasteiger partial charge is 0.341 e. The summed E-state index contributed by atoms with van der Waals surface area (Å²) in [6.07, 6.45) is 2.24. The predicted octanol–water partition coefficient (Wildman–Crippen LogP) is 1.96. The quantitative estimate of drug-likeness (QED) is 0.820. The second kappa shape index (κ2) is 7.27. The van der Waals surface area contributed by atoms with Crippen molar-refractivity contribution in [2.24, 2.45) is 17.6 Å². The number of hydrogen-bond acceptors (Lipinski definition) is 3. The van der Waals surface area contributed by atoms with Gasteiger partial charge in [0.05, 0.1) is 5.75 Å². The first kappa shape index (κ1) is 14.8. The van der Waals surface area contributed by atoms with Crippen LogP contribution in [0.15, 0.2) is 0 Å².